The molecule has 1 heterocycles. The second-order valence-corrected chi connectivity index (χ2v) is 8.97. The zero-order chi connectivity index (χ0) is 18.5. The van der Waals surface area contributed by atoms with Crippen LogP contribution in [-0.2, 0) is 9.53 Å². The summed E-state index contributed by atoms with van der Waals surface area (Å²) in [6.45, 7) is 9.78. The number of benzene rings is 1. The molecule has 4 nitrogen and oxygen atoms in total. The van der Waals surface area contributed by atoms with E-state index in [1.54, 1.807) is 6.92 Å². The Morgan fingerprint density at radius 1 is 1.31 bits per heavy atom. The molecule has 1 aromatic rings. The molecule has 3 aliphatic rings. The third-order valence-corrected chi connectivity index (χ3v) is 7.37. The second kappa shape index (κ2) is 6.26. The molecule has 1 amide bonds. The Labute approximate surface area is 156 Å². The van der Waals surface area contributed by atoms with Crippen LogP contribution in [0, 0.1) is 22.7 Å². The first-order valence-electron chi connectivity index (χ1n) is 10.00. The van der Waals surface area contributed by atoms with Crippen LogP contribution in [0.25, 0.3) is 0 Å². The van der Waals surface area contributed by atoms with Crippen molar-refractivity contribution >= 4 is 5.91 Å². The average Bonchev–Trinajstić information content (AvgIpc) is 3.09. The SMILES string of the molecule is CCOc1ccc([C@H]2OCC[C@@]34C[C@@H](C[C@H]23)C(C)(C)[C@@H]4NC(C)=O)cc1. The van der Waals surface area contributed by atoms with E-state index in [2.05, 4.69) is 31.3 Å². The van der Waals surface area contributed by atoms with Gasteiger partial charge in [0, 0.05) is 19.6 Å². The number of ether oxygens (including phenoxy) is 2. The van der Waals surface area contributed by atoms with Crippen LogP contribution in [0.2, 0.25) is 0 Å². The molecule has 0 radical (unpaired) electrons. The Balaban J connectivity index is 1.64. The van der Waals surface area contributed by atoms with Crippen molar-refractivity contribution in [2.24, 2.45) is 22.7 Å². The van der Waals surface area contributed by atoms with Gasteiger partial charge in [0.15, 0.2) is 0 Å². The molecule has 0 aromatic heterocycles. The minimum atomic E-state index is 0.0906. The zero-order valence-corrected chi connectivity index (χ0v) is 16.4. The molecule has 26 heavy (non-hydrogen) atoms. The zero-order valence-electron chi connectivity index (χ0n) is 16.4. The van der Waals surface area contributed by atoms with Gasteiger partial charge in [-0.1, -0.05) is 26.0 Å². The van der Waals surface area contributed by atoms with E-state index in [9.17, 15) is 4.79 Å². The number of fused-ring (bicyclic) bond motifs is 1. The van der Waals surface area contributed by atoms with Gasteiger partial charge >= 0.3 is 0 Å². The lowest BCUT2D eigenvalue weighted by molar-refractivity contribution is -0.136. The van der Waals surface area contributed by atoms with Crippen molar-refractivity contribution in [1.29, 1.82) is 0 Å². The summed E-state index contributed by atoms with van der Waals surface area (Å²) >= 11 is 0. The number of carbonyl (C=O) groups is 1. The van der Waals surface area contributed by atoms with Crippen LogP contribution in [0.1, 0.15) is 58.6 Å². The number of amides is 1. The molecule has 5 atom stereocenters. The van der Waals surface area contributed by atoms with E-state index in [-0.39, 0.29) is 28.9 Å². The highest BCUT2D eigenvalue weighted by Gasteiger charge is 2.68. The summed E-state index contributed by atoms with van der Waals surface area (Å²) in [5.74, 6) is 2.13. The van der Waals surface area contributed by atoms with Crippen LogP contribution >= 0.6 is 0 Å². The van der Waals surface area contributed by atoms with E-state index in [1.807, 2.05) is 19.1 Å². The molecule has 2 bridgehead atoms. The smallest absolute Gasteiger partial charge is 0.217 e. The first-order chi connectivity index (χ1) is 12.4. The summed E-state index contributed by atoms with van der Waals surface area (Å²) < 4.78 is 11.9. The number of hydrogen-bond acceptors (Lipinski definition) is 3. The molecule has 2 saturated carbocycles. The maximum absolute atomic E-state index is 11.9. The fraction of sp³-hybridized carbons (Fsp3) is 0.682. The maximum atomic E-state index is 11.9. The Kier molecular flexibility index (Phi) is 4.30. The summed E-state index contributed by atoms with van der Waals surface area (Å²) in [7, 11) is 0. The van der Waals surface area contributed by atoms with E-state index in [4.69, 9.17) is 9.47 Å². The fourth-order valence-electron chi connectivity index (χ4n) is 6.24. The van der Waals surface area contributed by atoms with E-state index in [0.29, 0.717) is 18.4 Å². The summed E-state index contributed by atoms with van der Waals surface area (Å²) in [5.41, 5.74) is 1.56. The van der Waals surface area contributed by atoms with Gasteiger partial charge in [0.25, 0.3) is 0 Å². The molecular formula is C22H31NO3. The summed E-state index contributed by atoms with van der Waals surface area (Å²) in [6.07, 6.45) is 3.58. The lowest BCUT2D eigenvalue weighted by atomic mass is 9.59. The van der Waals surface area contributed by atoms with Gasteiger partial charge in [-0.25, -0.2) is 0 Å². The van der Waals surface area contributed by atoms with Gasteiger partial charge in [-0.3, -0.25) is 4.79 Å². The third-order valence-electron chi connectivity index (χ3n) is 7.37. The van der Waals surface area contributed by atoms with Gasteiger partial charge in [-0.15, -0.1) is 0 Å². The second-order valence-electron chi connectivity index (χ2n) is 8.97. The van der Waals surface area contributed by atoms with E-state index in [0.717, 1.165) is 18.8 Å². The normalized spacial score (nSPS) is 37.2. The van der Waals surface area contributed by atoms with Crippen molar-refractivity contribution in [3.8, 4) is 5.75 Å². The minimum Gasteiger partial charge on any atom is -0.494 e. The number of nitrogens with one attached hydrogen (secondary N) is 1. The van der Waals surface area contributed by atoms with Crippen LogP contribution in [-0.4, -0.2) is 25.2 Å². The maximum Gasteiger partial charge on any atom is 0.217 e. The largest absolute Gasteiger partial charge is 0.494 e. The average molecular weight is 357 g/mol. The molecule has 2 aliphatic carbocycles. The van der Waals surface area contributed by atoms with Crippen LogP contribution < -0.4 is 10.1 Å². The molecule has 1 spiro atoms. The Hall–Kier alpha value is -1.55. The lowest BCUT2D eigenvalue weighted by Crippen LogP contribution is -2.58. The van der Waals surface area contributed by atoms with Gasteiger partial charge < -0.3 is 14.8 Å². The predicted molar refractivity (Wildman–Crippen MR) is 101 cm³/mol. The number of rotatable bonds is 4. The molecule has 4 rings (SSSR count). The molecule has 142 valence electrons. The van der Waals surface area contributed by atoms with Crippen LogP contribution in [0.15, 0.2) is 24.3 Å². The quantitative estimate of drug-likeness (QED) is 0.882. The fourth-order valence-corrected chi connectivity index (χ4v) is 6.24. The van der Waals surface area contributed by atoms with Gasteiger partial charge in [-0.2, -0.15) is 0 Å². The van der Waals surface area contributed by atoms with Gasteiger partial charge in [-0.05, 0) is 66.5 Å². The van der Waals surface area contributed by atoms with Crippen molar-refractivity contribution in [3.63, 3.8) is 0 Å². The van der Waals surface area contributed by atoms with Crippen LogP contribution in [0.5, 0.6) is 5.75 Å². The monoisotopic (exact) mass is 357 g/mol. The van der Waals surface area contributed by atoms with Gasteiger partial charge in [0.05, 0.1) is 12.7 Å². The molecular weight excluding hydrogens is 326 g/mol. The molecule has 1 saturated heterocycles. The van der Waals surface area contributed by atoms with E-state index < -0.39 is 0 Å². The highest BCUT2D eigenvalue weighted by atomic mass is 16.5. The first kappa shape index (κ1) is 17.8. The molecule has 3 fully saturated rings. The van der Waals surface area contributed by atoms with Crippen molar-refractivity contribution in [2.45, 2.75) is 59.1 Å². The van der Waals surface area contributed by atoms with Crippen molar-refractivity contribution in [1.82, 2.24) is 5.32 Å². The summed E-state index contributed by atoms with van der Waals surface area (Å²) in [4.78, 5) is 11.9. The van der Waals surface area contributed by atoms with Crippen molar-refractivity contribution in [3.05, 3.63) is 29.8 Å². The Morgan fingerprint density at radius 3 is 2.69 bits per heavy atom. The number of carbonyl (C=O) groups excluding carboxylic acids is 1. The van der Waals surface area contributed by atoms with Crippen molar-refractivity contribution < 1.29 is 14.3 Å². The van der Waals surface area contributed by atoms with Gasteiger partial charge in [0.2, 0.25) is 5.91 Å². The summed E-state index contributed by atoms with van der Waals surface area (Å²) in [5, 5.41) is 3.34. The molecule has 1 aliphatic heterocycles. The first-order valence-corrected chi connectivity index (χ1v) is 10.00. The van der Waals surface area contributed by atoms with E-state index in [1.165, 1.54) is 18.4 Å². The number of hydrogen-bond donors (Lipinski definition) is 1. The van der Waals surface area contributed by atoms with Crippen LogP contribution in [0.4, 0.5) is 0 Å². The Morgan fingerprint density at radius 2 is 2.04 bits per heavy atom. The third kappa shape index (κ3) is 2.57. The highest BCUT2D eigenvalue weighted by Crippen LogP contribution is 2.70. The Bertz CT molecular complexity index is 683. The van der Waals surface area contributed by atoms with E-state index >= 15 is 0 Å². The standard InChI is InChI=1S/C22H31NO3/c1-5-25-17-8-6-15(7-9-17)19-18-12-16-13-22(18,10-11-26-19)20(21(16,3)4)23-14(2)24/h6-9,16,18-20H,5,10-13H2,1-4H3,(H,23,24)/t16-,18-,19-,20+,22-/m1/s1. The summed E-state index contributed by atoms with van der Waals surface area (Å²) in [6, 6.07) is 8.64. The molecule has 1 aromatic carbocycles. The predicted octanol–water partition coefficient (Wildman–Crippen LogP) is 4.10. The van der Waals surface area contributed by atoms with Crippen molar-refractivity contribution in [2.75, 3.05) is 13.2 Å². The minimum absolute atomic E-state index is 0.0906. The molecule has 1 N–H and O–H groups in total. The lowest BCUT2D eigenvalue weighted by Gasteiger charge is -2.53. The molecule has 0 unspecified atom stereocenters. The highest BCUT2D eigenvalue weighted by molar-refractivity contribution is 5.73. The van der Waals surface area contributed by atoms with Crippen LogP contribution in [0.3, 0.4) is 0 Å². The van der Waals surface area contributed by atoms with Gasteiger partial charge in [0.1, 0.15) is 5.75 Å². The topological polar surface area (TPSA) is 47.6 Å². The molecule has 4 heteroatoms.